The predicted octanol–water partition coefficient (Wildman–Crippen LogP) is 3.55. The molecule has 0 unspecified atom stereocenters. The first-order chi connectivity index (χ1) is 14.3. The number of benzene rings is 2. The van der Waals surface area contributed by atoms with Crippen LogP contribution in [0.25, 0.3) is 0 Å². The second-order valence-electron chi connectivity index (χ2n) is 7.45. The summed E-state index contributed by atoms with van der Waals surface area (Å²) in [5.41, 5.74) is -0.177. The Morgan fingerprint density at radius 1 is 1.07 bits per heavy atom. The molecule has 7 nitrogen and oxygen atoms in total. The molecule has 0 bridgehead atoms. The monoisotopic (exact) mass is 451 g/mol. The van der Waals surface area contributed by atoms with Crippen molar-refractivity contribution in [3.63, 3.8) is 0 Å². The Kier molecular flexibility index (Phi) is 5.42. The minimum absolute atomic E-state index is 0.00264. The first kappa shape index (κ1) is 21.0. The molecule has 1 saturated heterocycles. The van der Waals surface area contributed by atoms with Crippen molar-refractivity contribution in [2.75, 3.05) is 27.3 Å². The Morgan fingerprint density at radius 3 is 2.43 bits per heavy atom. The number of carbonyl (C=O) groups is 1. The Hall–Kier alpha value is -2.29. The highest BCUT2D eigenvalue weighted by molar-refractivity contribution is 7.89. The lowest BCUT2D eigenvalue weighted by atomic mass is 9.83. The molecule has 2 aromatic carbocycles. The van der Waals surface area contributed by atoms with Gasteiger partial charge in [-0.1, -0.05) is 11.6 Å². The van der Waals surface area contributed by atoms with Crippen molar-refractivity contribution in [2.45, 2.75) is 29.8 Å². The maximum atomic E-state index is 13.1. The molecule has 2 aromatic rings. The van der Waals surface area contributed by atoms with Crippen LogP contribution in [0.5, 0.6) is 17.2 Å². The quantitative estimate of drug-likeness (QED) is 0.707. The van der Waals surface area contributed by atoms with Crippen molar-refractivity contribution in [1.29, 1.82) is 0 Å². The number of ether oxygens (including phenoxy) is 3. The first-order valence-corrected chi connectivity index (χ1v) is 11.3. The van der Waals surface area contributed by atoms with Gasteiger partial charge in [0, 0.05) is 32.0 Å². The van der Waals surface area contributed by atoms with E-state index in [9.17, 15) is 13.2 Å². The maximum absolute atomic E-state index is 13.1. The van der Waals surface area contributed by atoms with Crippen molar-refractivity contribution in [1.82, 2.24) is 4.31 Å². The number of fused-ring (bicyclic) bond motifs is 1. The number of hydrogen-bond donors (Lipinski definition) is 0. The molecule has 1 spiro atoms. The highest BCUT2D eigenvalue weighted by atomic mass is 35.5. The van der Waals surface area contributed by atoms with Gasteiger partial charge < -0.3 is 14.2 Å². The van der Waals surface area contributed by atoms with Crippen LogP contribution in [-0.4, -0.2) is 51.4 Å². The number of ketones is 1. The highest BCUT2D eigenvalue weighted by Crippen LogP contribution is 2.41. The minimum atomic E-state index is -3.72. The fourth-order valence-electron chi connectivity index (χ4n) is 3.97. The number of carbonyl (C=O) groups excluding carboxylic acids is 1. The average molecular weight is 452 g/mol. The summed E-state index contributed by atoms with van der Waals surface area (Å²) in [5.74, 6) is 1.51. The molecular weight excluding hydrogens is 430 g/mol. The van der Waals surface area contributed by atoms with Crippen molar-refractivity contribution in [3.8, 4) is 17.2 Å². The average Bonchev–Trinajstić information content (AvgIpc) is 2.73. The number of rotatable bonds is 4. The van der Waals surface area contributed by atoms with Crippen molar-refractivity contribution in [3.05, 3.63) is 47.0 Å². The molecule has 30 heavy (non-hydrogen) atoms. The third-order valence-corrected chi connectivity index (χ3v) is 7.88. The van der Waals surface area contributed by atoms with E-state index in [-0.39, 0.29) is 35.2 Å². The second kappa shape index (κ2) is 7.76. The fraction of sp³-hybridized carbons (Fsp3) is 0.381. The summed E-state index contributed by atoms with van der Waals surface area (Å²) in [5, 5.41) is 0.235. The van der Waals surface area contributed by atoms with E-state index in [0.717, 1.165) is 0 Å². The molecule has 0 saturated carbocycles. The van der Waals surface area contributed by atoms with Gasteiger partial charge >= 0.3 is 0 Å². The third-order valence-electron chi connectivity index (χ3n) is 5.69. The summed E-state index contributed by atoms with van der Waals surface area (Å²) < 4.78 is 44.1. The van der Waals surface area contributed by atoms with E-state index in [2.05, 4.69) is 0 Å². The molecule has 2 aliphatic rings. The Balaban J connectivity index is 1.53. The zero-order valence-corrected chi connectivity index (χ0v) is 18.3. The molecule has 0 aromatic heterocycles. The van der Waals surface area contributed by atoms with Gasteiger partial charge in [-0.2, -0.15) is 4.31 Å². The smallest absolute Gasteiger partial charge is 0.243 e. The number of hydrogen-bond acceptors (Lipinski definition) is 6. The predicted molar refractivity (Wildman–Crippen MR) is 111 cm³/mol. The van der Waals surface area contributed by atoms with Gasteiger partial charge in [0.25, 0.3) is 0 Å². The molecule has 1 fully saturated rings. The van der Waals surface area contributed by atoms with E-state index in [1.807, 2.05) is 0 Å². The molecule has 0 radical (unpaired) electrons. The van der Waals surface area contributed by atoms with E-state index in [1.54, 1.807) is 25.3 Å². The molecular formula is C21H22ClNO6S. The largest absolute Gasteiger partial charge is 0.497 e. The molecule has 0 N–H and O–H groups in total. The van der Waals surface area contributed by atoms with E-state index in [1.165, 1.54) is 29.6 Å². The second-order valence-corrected chi connectivity index (χ2v) is 9.79. The van der Waals surface area contributed by atoms with Gasteiger partial charge in [-0.05, 0) is 30.3 Å². The van der Waals surface area contributed by atoms with Gasteiger partial charge in [-0.25, -0.2) is 8.42 Å². The molecule has 160 valence electrons. The van der Waals surface area contributed by atoms with Gasteiger partial charge in [0.15, 0.2) is 5.78 Å². The molecule has 2 heterocycles. The number of piperidine rings is 1. The van der Waals surface area contributed by atoms with Gasteiger partial charge in [0.1, 0.15) is 22.8 Å². The lowest BCUT2D eigenvalue weighted by Crippen LogP contribution is -2.52. The molecule has 9 heteroatoms. The number of nitrogens with zero attached hydrogens (tertiary/aromatic N) is 1. The van der Waals surface area contributed by atoms with E-state index in [4.69, 9.17) is 25.8 Å². The van der Waals surface area contributed by atoms with Crippen LogP contribution in [0.3, 0.4) is 0 Å². The number of methoxy groups -OCH3 is 2. The molecule has 0 aliphatic carbocycles. The topological polar surface area (TPSA) is 82.1 Å². The standard InChI is InChI=1S/C21H22ClNO6S/c1-27-14-3-5-16-18(24)13-21(29-20(16)11-14)7-9-23(10-8-21)30(25,26)15-4-6-19(28-2)17(22)12-15/h3-6,11-12H,7-10,13H2,1-2H3. The molecule has 0 atom stereocenters. The van der Waals surface area contributed by atoms with Crippen LogP contribution in [-0.2, 0) is 10.0 Å². The zero-order valence-electron chi connectivity index (χ0n) is 16.7. The summed E-state index contributed by atoms with van der Waals surface area (Å²) in [6, 6.07) is 9.55. The normalized spacial score (nSPS) is 18.6. The van der Waals surface area contributed by atoms with Crippen LogP contribution in [0.15, 0.2) is 41.3 Å². The summed E-state index contributed by atoms with van der Waals surface area (Å²) in [6.07, 6.45) is 1.06. The van der Waals surface area contributed by atoms with Gasteiger partial charge in [-0.15, -0.1) is 0 Å². The highest BCUT2D eigenvalue weighted by Gasteiger charge is 2.45. The third kappa shape index (κ3) is 3.64. The lowest BCUT2D eigenvalue weighted by molar-refractivity contribution is 0.00578. The van der Waals surface area contributed by atoms with Gasteiger partial charge in [-0.3, -0.25) is 4.79 Å². The van der Waals surface area contributed by atoms with E-state index < -0.39 is 15.6 Å². The first-order valence-electron chi connectivity index (χ1n) is 9.52. The maximum Gasteiger partial charge on any atom is 0.243 e. The van der Waals surface area contributed by atoms with Crippen LogP contribution < -0.4 is 14.2 Å². The van der Waals surface area contributed by atoms with Crippen molar-refractivity contribution in [2.24, 2.45) is 0 Å². The Bertz CT molecular complexity index is 1090. The Morgan fingerprint density at radius 2 is 1.80 bits per heavy atom. The summed E-state index contributed by atoms with van der Waals surface area (Å²) in [6.45, 7) is 0.497. The summed E-state index contributed by atoms with van der Waals surface area (Å²) >= 11 is 6.10. The lowest BCUT2D eigenvalue weighted by Gasteiger charge is -2.43. The number of sulfonamides is 1. The van der Waals surface area contributed by atoms with Crippen LogP contribution in [0.1, 0.15) is 29.6 Å². The fourth-order valence-corrected chi connectivity index (χ4v) is 5.76. The van der Waals surface area contributed by atoms with Crippen molar-refractivity contribution < 1.29 is 27.4 Å². The van der Waals surface area contributed by atoms with Crippen LogP contribution in [0.2, 0.25) is 5.02 Å². The van der Waals surface area contributed by atoms with Crippen LogP contribution in [0.4, 0.5) is 0 Å². The van der Waals surface area contributed by atoms with Gasteiger partial charge in [0.2, 0.25) is 10.0 Å². The van der Waals surface area contributed by atoms with Gasteiger partial charge in [0.05, 0.1) is 36.1 Å². The molecule has 4 rings (SSSR count). The van der Waals surface area contributed by atoms with E-state index >= 15 is 0 Å². The van der Waals surface area contributed by atoms with Crippen LogP contribution in [0, 0.1) is 0 Å². The molecule has 2 aliphatic heterocycles. The summed E-state index contributed by atoms with van der Waals surface area (Å²) in [7, 11) is -0.693. The minimum Gasteiger partial charge on any atom is -0.497 e. The number of Topliss-reactive ketones (excluding diaryl/α,β-unsaturated/α-hetero) is 1. The zero-order chi connectivity index (χ0) is 21.5. The van der Waals surface area contributed by atoms with Crippen molar-refractivity contribution >= 4 is 27.4 Å². The summed E-state index contributed by atoms with van der Waals surface area (Å²) in [4.78, 5) is 12.8. The SMILES string of the molecule is COc1ccc2c(c1)OC1(CCN(S(=O)(=O)c3ccc(OC)c(Cl)c3)CC1)CC2=O. The Labute approximate surface area is 180 Å². The molecule has 0 amide bonds. The van der Waals surface area contributed by atoms with Crippen LogP contribution >= 0.6 is 11.6 Å². The van der Waals surface area contributed by atoms with E-state index in [0.29, 0.717) is 35.7 Å². The number of halogens is 1.